The topological polar surface area (TPSA) is 32.3 Å². The van der Waals surface area contributed by atoms with Crippen molar-refractivity contribution in [1.82, 2.24) is 4.90 Å². The molecule has 1 unspecified atom stereocenters. The van der Waals surface area contributed by atoms with E-state index in [4.69, 9.17) is 0 Å². The third-order valence-corrected chi connectivity index (χ3v) is 4.58. The Morgan fingerprint density at radius 3 is 2.63 bits per heavy atom. The van der Waals surface area contributed by atoms with Gasteiger partial charge in [0.15, 0.2) is 0 Å². The number of likely N-dealkylation sites (tertiary alicyclic amines) is 1. The smallest absolute Gasteiger partial charge is 0.232 e. The molecule has 1 aromatic rings. The van der Waals surface area contributed by atoms with Gasteiger partial charge >= 0.3 is 0 Å². The van der Waals surface area contributed by atoms with Gasteiger partial charge in [0.1, 0.15) is 0 Å². The molecule has 1 aromatic carbocycles. The van der Waals surface area contributed by atoms with E-state index in [2.05, 4.69) is 36.2 Å². The average molecular weight is 258 g/mol. The fourth-order valence-electron chi connectivity index (χ4n) is 3.54. The van der Waals surface area contributed by atoms with Crippen molar-refractivity contribution in [3.05, 3.63) is 29.8 Å². The van der Waals surface area contributed by atoms with Crippen molar-refractivity contribution in [2.45, 2.75) is 51.1 Å². The first kappa shape index (κ1) is 12.5. The number of hydrogen-bond acceptors (Lipinski definition) is 2. The number of para-hydroxylation sites is 1. The van der Waals surface area contributed by atoms with Crippen molar-refractivity contribution in [2.24, 2.45) is 0 Å². The summed E-state index contributed by atoms with van der Waals surface area (Å²) in [4.78, 5) is 15.0. The minimum Gasteiger partial charge on any atom is -0.384 e. The number of rotatable bonds is 1. The van der Waals surface area contributed by atoms with Crippen LogP contribution in [-0.2, 0) is 4.79 Å². The molecule has 0 spiro atoms. The van der Waals surface area contributed by atoms with Gasteiger partial charge in [0, 0.05) is 24.3 Å². The molecular formula is C16H22N2O. The third kappa shape index (κ3) is 2.11. The molecule has 3 atom stereocenters. The van der Waals surface area contributed by atoms with Crippen molar-refractivity contribution < 1.29 is 4.79 Å². The number of amides is 1. The second-order valence-electron chi connectivity index (χ2n) is 5.90. The highest BCUT2D eigenvalue weighted by Gasteiger charge is 2.36. The Morgan fingerprint density at radius 2 is 1.89 bits per heavy atom. The van der Waals surface area contributed by atoms with Crippen LogP contribution in [0.4, 0.5) is 5.69 Å². The predicted octanol–water partition coefficient (Wildman–Crippen LogP) is 2.99. The van der Waals surface area contributed by atoms with E-state index in [1.54, 1.807) is 0 Å². The van der Waals surface area contributed by atoms with Crippen molar-refractivity contribution >= 4 is 11.6 Å². The zero-order valence-electron chi connectivity index (χ0n) is 11.7. The number of nitrogens with zero attached hydrogens (tertiary/aromatic N) is 1. The van der Waals surface area contributed by atoms with Gasteiger partial charge in [0.2, 0.25) is 5.91 Å². The third-order valence-electron chi connectivity index (χ3n) is 4.58. The van der Waals surface area contributed by atoms with E-state index in [1.807, 2.05) is 12.1 Å². The van der Waals surface area contributed by atoms with Gasteiger partial charge in [-0.1, -0.05) is 18.2 Å². The molecule has 3 heteroatoms. The minimum atomic E-state index is -0.000741. The maximum absolute atomic E-state index is 12.9. The summed E-state index contributed by atoms with van der Waals surface area (Å²) in [5.74, 6) is 0.302. The van der Waals surface area contributed by atoms with Crippen molar-refractivity contribution in [3.63, 3.8) is 0 Å². The average Bonchev–Trinajstić information content (AvgIpc) is 2.82. The Bertz CT molecular complexity index is 475. The van der Waals surface area contributed by atoms with E-state index < -0.39 is 0 Å². The second-order valence-corrected chi connectivity index (χ2v) is 5.90. The number of fused-ring (bicyclic) bond motifs is 1. The highest BCUT2D eigenvalue weighted by atomic mass is 16.2. The summed E-state index contributed by atoms with van der Waals surface area (Å²) in [6, 6.07) is 8.94. The molecule has 1 saturated heterocycles. The molecule has 3 rings (SSSR count). The summed E-state index contributed by atoms with van der Waals surface area (Å²) in [5, 5.41) is 3.35. The highest BCUT2D eigenvalue weighted by molar-refractivity contribution is 5.88. The fraction of sp³-hybridized carbons (Fsp3) is 0.562. The van der Waals surface area contributed by atoms with Crippen LogP contribution in [-0.4, -0.2) is 29.4 Å². The monoisotopic (exact) mass is 258 g/mol. The second kappa shape index (κ2) is 4.87. The fourth-order valence-corrected chi connectivity index (χ4v) is 3.54. The van der Waals surface area contributed by atoms with Crippen molar-refractivity contribution in [2.75, 3.05) is 11.9 Å². The molecule has 0 bridgehead atoms. The molecule has 1 fully saturated rings. The van der Waals surface area contributed by atoms with Crippen molar-refractivity contribution in [1.29, 1.82) is 0 Å². The van der Waals surface area contributed by atoms with Crippen LogP contribution in [0, 0.1) is 0 Å². The van der Waals surface area contributed by atoms with Gasteiger partial charge in [-0.05, 0) is 44.7 Å². The molecular weight excluding hydrogens is 236 g/mol. The van der Waals surface area contributed by atoms with E-state index in [9.17, 15) is 4.79 Å². The van der Waals surface area contributed by atoms with Crippen LogP contribution in [0.5, 0.6) is 0 Å². The molecule has 2 heterocycles. The van der Waals surface area contributed by atoms with Gasteiger partial charge in [-0.25, -0.2) is 0 Å². The number of nitrogens with one attached hydrogen (secondary N) is 1. The first-order chi connectivity index (χ1) is 9.18. The summed E-state index contributed by atoms with van der Waals surface area (Å²) < 4.78 is 0. The standard InChI is InChI=1S/C16H22N2O/c1-11-6-5-7-12(2)18(11)16(19)14-10-17-15-9-4-3-8-13(14)15/h3-4,8-9,11-12,14,17H,5-7,10H2,1-2H3/t11-,12+,14?. The number of benzene rings is 1. The molecule has 2 aliphatic heterocycles. The Hall–Kier alpha value is -1.51. The maximum Gasteiger partial charge on any atom is 0.232 e. The lowest BCUT2D eigenvalue weighted by Gasteiger charge is -2.40. The van der Waals surface area contributed by atoms with Crippen LogP contribution >= 0.6 is 0 Å². The summed E-state index contributed by atoms with van der Waals surface area (Å²) >= 11 is 0. The zero-order chi connectivity index (χ0) is 13.4. The van der Waals surface area contributed by atoms with E-state index in [0.29, 0.717) is 18.0 Å². The minimum absolute atomic E-state index is 0.000741. The van der Waals surface area contributed by atoms with Gasteiger partial charge in [0.05, 0.1) is 5.92 Å². The molecule has 19 heavy (non-hydrogen) atoms. The van der Waals surface area contributed by atoms with E-state index in [0.717, 1.165) is 30.6 Å². The van der Waals surface area contributed by atoms with Crippen LogP contribution in [0.2, 0.25) is 0 Å². The summed E-state index contributed by atoms with van der Waals surface area (Å²) in [7, 11) is 0. The molecule has 3 nitrogen and oxygen atoms in total. The van der Waals surface area contributed by atoms with Crippen LogP contribution < -0.4 is 5.32 Å². The van der Waals surface area contributed by atoms with Crippen LogP contribution in [0.1, 0.15) is 44.6 Å². The number of carbonyl (C=O) groups excluding carboxylic acids is 1. The van der Waals surface area contributed by atoms with Crippen LogP contribution in [0.15, 0.2) is 24.3 Å². The quantitative estimate of drug-likeness (QED) is 0.840. The Kier molecular flexibility index (Phi) is 3.21. The summed E-state index contributed by atoms with van der Waals surface area (Å²) in [6.07, 6.45) is 3.52. The first-order valence-electron chi connectivity index (χ1n) is 7.33. The van der Waals surface area contributed by atoms with Gasteiger partial charge in [-0.3, -0.25) is 4.79 Å². The Morgan fingerprint density at radius 1 is 1.21 bits per heavy atom. The number of piperidine rings is 1. The van der Waals surface area contributed by atoms with E-state index >= 15 is 0 Å². The Balaban J connectivity index is 1.85. The summed E-state index contributed by atoms with van der Waals surface area (Å²) in [5.41, 5.74) is 2.29. The zero-order valence-corrected chi connectivity index (χ0v) is 11.7. The molecule has 2 aliphatic rings. The number of carbonyl (C=O) groups is 1. The molecule has 1 amide bonds. The Labute approximate surface area is 115 Å². The first-order valence-corrected chi connectivity index (χ1v) is 7.33. The van der Waals surface area contributed by atoms with Gasteiger partial charge in [-0.15, -0.1) is 0 Å². The maximum atomic E-state index is 12.9. The highest BCUT2D eigenvalue weighted by Crippen LogP contribution is 2.35. The molecule has 102 valence electrons. The number of hydrogen-bond donors (Lipinski definition) is 1. The molecule has 0 saturated carbocycles. The lowest BCUT2D eigenvalue weighted by Crippen LogP contribution is -2.49. The van der Waals surface area contributed by atoms with Gasteiger partial charge < -0.3 is 10.2 Å². The normalized spacial score (nSPS) is 29.8. The lowest BCUT2D eigenvalue weighted by atomic mass is 9.93. The van der Waals surface area contributed by atoms with Crippen LogP contribution in [0.3, 0.4) is 0 Å². The van der Waals surface area contributed by atoms with E-state index in [-0.39, 0.29) is 5.92 Å². The lowest BCUT2D eigenvalue weighted by molar-refractivity contribution is -0.138. The van der Waals surface area contributed by atoms with Gasteiger partial charge in [0.25, 0.3) is 0 Å². The summed E-state index contributed by atoms with van der Waals surface area (Å²) in [6.45, 7) is 5.11. The number of anilines is 1. The van der Waals surface area contributed by atoms with Gasteiger partial charge in [-0.2, -0.15) is 0 Å². The van der Waals surface area contributed by atoms with E-state index in [1.165, 1.54) is 6.42 Å². The SMILES string of the molecule is C[C@@H]1CCC[C@H](C)N1C(=O)C1CNc2ccccc21. The predicted molar refractivity (Wildman–Crippen MR) is 77.3 cm³/mol. The molecule has 0 aromatic heterocycles. The largest absolute Gasteiger partial charge is 0.384 e. The molecule has 0 aliphatic carbocycles. The van der Waals surface area contributed by atoms with Crippen LogP contribution in [0.25, 0.3) is 0 Å². The molecule has 0 radical (unpaired) electrons. The van der Waals surface area contributed by atoms with Crippen molar-refractivity contribution in [3.8, 4) is 0 Å². The molecule has 1 N–H and O–H groups in total.